The van der Waals surface area contributed by atoms with Gasteiger partial charge in [-0.1, -0.05) is 25.8 Å². The summed E-state index contributed by atoms with van der Waals surface area (Å²) in [6.07, 6.45) is -4.30. The largest absolute Gasteiger partial charge is 0.495 e. The van der Waals surface area contributed by atoms with Crippen LogP contribution in [0.15, 0.2) is 54.6 Å². The number of aromatic nitrogens is 1. The van der Waals surface area contributed by atoms with Crippen LogP contribution in [-0.4, -0.2) is 123 Å². The number of rotatable bonds is 11. The molecule has 4 aromatic rings. The number of likely N-dealkylation sites (N-methyl/N-ethyl adjacent to an activating group) is 1. The summed E-state index contributed by atoms with van der Waals surface area (Å²) in [7, 11) is 5.13. The lowest BCUT2D eigenvalue weighted by Gasteiger charge is -2.37. The number of alkyl halides is 4. The highest BCUT2D eigenvalue weighted by atomic mass is 19.4. The maximum absolute atomic E-state index is 15.8. The topological polar surface area (TPSA) is 126 Å². The van der Waals surface area contributed by atoms with Crippen LogP contribution < -0.4 is 35.8 Å². The molecule has 0 radical (unpaired) electrons. The van der Waals surface area contributed by atoms with Crippen LogP contribution in [0.5, 0.6) is 5.75 Å². The molecular formula is C46H55F5N8O4. The molecule has 2 saturated heterocycles. The summed E-state index contributed by atoms with van der Waals surface area (Å²) in [6.45, 7) is 4.11. The number of amides is 2. The van der Waals surface area contributed by atoms with E-state index in [2.05, 4.69) is 33.1 Å². The zero-order valence-electron chi connectivity index (χ0n) is 36.1. The van der Waals surface area contributed by atoms with Crippen LogP contribution in [0.2, 0.25) is 0 Å². The number of anilines is 4. The lowest BCUT2D eigenvalue weighted by Crippen LogP contribution is -2.54. The van der Waals surface area contributed by atoms with E-state index in [9.17, 15) is 32.3 Å². The monoisotopic (exact) mass is 878 g/mol. The molecule has 3 aliphatic heterocycles. The van der Waals surface area contributed by atoms with E-state index in [-0.39, 0.29) is 55.6 Å². The Morgan fingerprint density at radius 3 is 2.54 bits per heavy atom. The molecule has 0 saturated carbocycles. The third-order valence-electron chi connectivity index (χ3n) is 12.2. The summed E-state index contributed by atoms with van der Waals surface area (Å²) in [5.74, 6) is 5.16. The molecule has 1 aromatic heterocycles. The predicted molar refractivity (Wildman–Crippen MR) is 235 cm³/mol. The Bertz CT molecular complexity index is 2380. The average Bonchev–Trinajstić information content (AvgIpc) is 3.83. The molecule has 4 heterocycles. The van der Waals surface area contributed by atoms with E-state index in [1.54, 1.807) is 48.5 Å². The van der Waals surface area contributed by atoms with Gasteiger partial charge in [0.2, 0.25) is 5.91 Å². The Kier molecular flexibility index (Phi) is 13.6. The predicted octanol–water partition coefficient (Wildman–Crippen LogP) is 5.77. The molecule has 338 valence electrons. The highest BCUT2D eigenvalue weighted by Gasteiger charge is 2.35. The van der Waals surface area contributed by atoms with Gasteiger partial charge in [0.1, 0.15) is 30.3 Å². The molecule has 0 unspecified atom stereocenters. The first-order chi connectivity index (χ1) is 30.0. The number of benzene rings is 3. The van der Waals surface area contributed by atoms with Gasteiger partial charge in [0, 0.05) is 61.6 Å². The number of carbonyl (C=O) groups excluding carboxylic acids is 2. The van der Waals surface area contributed by atoms with Crippen molar-refractivity contribution in [1.82, 2.24) is 20.1 Å². The lowest BCUT2D eigenvalue weighted by molar-refractivity contribution is -0.140. The molecule has 12 nitrogen and oxygen atoms in total. The molecule has 63 heavy (non-hydrogen) atoms. The number of nitrogens with zero attached hydrogens (tertiary/aromatic N) is 4. The quantitative estimate of drug-likeness (QED) is 0.0944. The van der Waals surface area contributed by atoms with Crippen molar-refractivity contribution in [2.75, 3.05) is 81.0 Å². The zero-order chi connectivity index (χ0) is 45.2. The smallest absolute Gasteiger partial charge is 0.406 e. The van der Waals surface area contributed by atoms with Crippen molar-refractivity contribution in [3.05, 3.63) is 77.2 Å². The third-order valence-corrected chi connectivity index (χ3v) is 12.2. The fraction of sp³-hybridized carbons (Fsp3) is 0.478. The second-order valence-corrected chi connectivity index (χ2v) is 17.1. The van der Waals surface area contributed by atoms with Gasteiger partial charge in [0.15, 0.2) is 0 Å². The Morgan fingerprint density at radius 2 is 1.83 bits per heavy atom. The van der Waals surface area contributed by atoms with Crippen LogP contribution in [-0.2, 0) is 17.8 Å². The number of aliphatic hydroxyl groups excluding tert-OH is 1. The third kappa shape index (κ3) is 10.2. The van der Waals surface area contributed by atoms with Gasteiger partial charge in [0.05, 0.1) is 54.9 Å². The van der Waals surface area contributed by atoms with Crippen LogP contribution >= 0.6 is 0 Å². The number of likely N-dealkylation sites (tertiary alicyclic amines) is 1. The zero-order valence-corrected chi connectivity index (χ0v) is 36.1. The van der Waals surface area contributed by atoms with Crippen LogP contribution in [0.1, 0.15) is 48.3 Å². The van der Waals surface area contributed by atoms with E-state index in [0.29, 0.717) is 83.0 Å². The van der Waals surface area contributed by atoms with Gasteiger partial charge in [-0.2, -0.15) is 13.2 Å². The van der Waals surface area contributed by atoms with E-state index in [4.69, 9.17) is 4.74 Å². The number of halogens is 5. The van der Waals surface area contributed by atoms with Gasteiger partial charge in [-0.15, -0.1) is 0 Å². The summed E-state index contributed by atoms with van der Waals surface area (Å²) in [5.41, 5.74) is 3.50. The van der Waals surface area contributed by atoms with E-state index >= 15 is 4.39 Å². The lowest BCUT2D eigenvalue weighted by atomic mass is 9.94. The maximum atomic E-state index is 15.8. The van der Waals surface area contributed by atoms with Crippen LogP contribution in [0, 0.1) is 23.6 Å². The number of nitrogens with one attached hydrogen (secondary N) is 4. The van der Waals surface area contributed by atoms with Gasteiger partial charge < -0.3 is 50.4 Å². The van der Waals surface area contributed by atoms with Crippen molar-refractivity contribution in [3.63, 3.8) is 0 Å². The van der Waals surface area contributed by atoms with E-state index in [1.165, 1.54) is 13.2 Å². The molecule has 2 amide bonds. The summed E-state index contributed by atoms with van der Waals surface area (Å²) >= 11 is 0. The highest BCUT2D eigenvalue weighted by Crippen LogP contribution is 2.36. The van der Waals surface area contributed by atoms with Crippen molar-refractivity contribution in [3.8, 4) is 17.6 Å². The average molecular weight is 879 g/mol. The van der Waals surface area contributed by atoms with Crippen molar-refractivity contribution in [1.29, 1.82) is 0 Å². The second-order valence-electron chi connectivity index (χ2n) is 17.1. The SMILES string of the molecule is COc1ccc(C(=O)N[C@@H]2CCN(c3cc4c(cc3F)C[C@@H](CO)NC(=O)[C@H](C(C)C)N4C)C2)cc1NCC#Cc1cc2c(N[C@@H]3CCN(C)C[C@@H]3F)cccc2n1CC(F)(F)F. The molecule has 0 spiro atoms. The Balaban J connectivity index is 1.04. The van der Waals surface area contributed by atoms with Gasteiger partial charge in [-0.05, 0) is 92.2 Å². The number of ether oxygens (including phenoxy) is 1. The first-order valence-corrected chi connectivity index (χ1v) is 21.2. The summed E-state index contributed by atoms with van der Waals surface area (Å²) in [5, 5.41) is 22.8. The molecular weight excluding hydrogens is 824 g/mol. The fourth-order valence-electron chi connectivity index (χ4n) is 9.02. The van der Waals surface area contributed by atoms with Gasteiger partial charge in [-0.3, -0.25) is 9.59 Å². The summed E-state index contributed by atoms with van der Waals surface area (Å²) < 4.78 is 78.9. The Hall–Kier alpha value is -5.73. The molecule has 5 N–H and O–H groups in total. The summed E-state index contributed by atoms with van der Waals surface area (Å²) in [6, 6.07) is 12.8. The standard InChI is InChI=1S/C46H55F5N8O4/c1-27(2)43-45(62)54-31(25-60)18-29-19-34(47)41(22-40(29)57(43)4)58-17-13-30(23-58)53-44(61)28-11-12-42(63-5)38(20-28)52-15-7-8-32-21-33-36(55-37-14-16-56(3)24-35(37)48)9-6-10-39(33)59(32)26-46(49,50)51/h6,9-12,19-22,27,30-31,35,37,43,52,55,60H,13-18,23-26H2,1-5H3,(H,53,61)(H,54,62)/t30-,31+,35+,37-,43+/m1/s1. The number of fused-ring (bicyclic) bond motifs is 2. The Labute approximate surface area is 364 Å². The first kappa shape index (κ1) is 45.3. The van der Waals surface area contributed by atoms with Gasteiger partial charge in [0.25, 0.3) is 5.91 Å². The number of aliphatic hydroxyl groups is 1. The van der Waals surface area contributed by atoms with Crippen molar-refractivity contribution in [2.24, 2.45) is 5.92 Å². The van der Waals surface area contributed by atoms with Crippen molar-refractivity contribution >= 4 is 45.5 Å². The van der Waals surface area contributed by atoms with Crippen molar-refractivity contribution in [2.45, 2.75) is 76.2 Å². The highest BCUT2D eigenvalue weighted by molar-refractivity contribution is 5.96. The molecule has 3 aliphatic rings. The minimum atomic E-state index is -4.52. The molecule has 5 atom stereocenters. The minimum absolute atomic E-state index is 0.00155. The molecule has 0 bridgehead atoms. The minimum Gasteiger partial charge on any atom is -0.495 e. The van der Waals surface area contributed by atoms with Gasteiger partial charge in [-0.25, -0.2) is 8.78 Å². The fourth-order valence-corrected chi connectivity index (χ4v) is 9.02. The van der Waals surface area contributed by atoms with Crippen LogP contribution in [0.4, 0.5) is 44.7 Å². The van der Waals surface area contributed by atoms with E-state index in [0.717, 1.165) is 4.57 Å². The second kappa shape index (κ2) is 18.9. The van der Waals surface area contributed by atoms with Crippen LogP contribution in [0.3, 0.4) is 0 Å². The molecule has 7 rings (SSSR count). The van der Waals surface area contributed by atoms with E-state index in [1.807, 2.05) is 42.6 Å². The normalized spacial score (nSPS) is 21.9. The van der Waals surface area contributed by atoms with Gasteiger partial charge >= 0.3 is 6.18 Å². The number of carbonyl (C=O) groups is 2. The number of hydrogen-bond donors (Lipinski definition) is 5. The summed E-state index contributed by atoms with van der Waals surface area (Å²) in [4.78, 5) is 32.4. The Morgan fingerprint density at radius 1 is 1.03 bits per heavy atom. The molecule has 3 aromatic carbocycles. The van der Waals surface area contributed by atoms with Crippen LogP contribution in [0.25, 0.3) is 10.9 Å². The van der Waals surface area contributed by atoms with E-state index < -0.39 is 42.8 Å². The maximum Gasteiger partial charge on any atom is 0.406 e. The van der Waals surface area contributed by atoms with Crippen molar-refractivity contribution < 1.29 is 41.4 Å². The number of hydrogen-bond acceptors (Lipinski definition) is 9. The number of methoxy groups -OCH3 is 1. The molecule has 0 aliphatic carbocycles. The molecule has 17 heteroatoms. The number of piperidine rings is 1. The molecule has 2 fully saturated rings. The first-order valence-electron chi connectivity index (χ1n) is 21.2.